The van der Waals surface area contributed by atoms with E-state index in [0.29, 0.717) is 25.7 Å². The van der Waals surface area contributed by atoms with E-state index in [1.54, 1.807) is 24.3 Å². The number of methoxy groups -OCH3 is 2. The van der Waals surface area contributed by atoms with Crippen molar-refractivity contribution in [2.45, 2.75) is 38.9 Å². The molecule has 8 heteroatoms. The first kappa shape index (κ1) is 19.9. The van der Waals surface area contributed by atoms with Gasteiger partial charge in [-0.15, -0.1) is 0 Å². The van der Waals surface area contributed by atoms with Gasteiger partial charge in [-0.3, -0.25) is 19.2 Å². The van der Waals surface area contributed by atoms with Gasteiger partial charge in [-0.25, -0.2) is 0 Å². The van der Waals surface area contributed by atoms with Crippen molar-refractivity contribution in [3.05, 3.63) is 35.4 Å². The third-order valence-electron chi connectivity index (χ3n) is 5.20. The zero-order chi connectivity index (χ0) is 20.4. The SMILES string of the molecule is COC(=O)C1(C(=O)OCc2ccc(COC(=O)C3(C(=O)OC)CC3)cc2)CC1. The molecule has 2 aliphatic carbocycles. The minimum Gasteiger partial charge on any atom is -0.468 e. The molecule has 28 heavy (non-hydrogen) atoms. The Morgan fingerprint density at radius 3 is 1.25 bits per heavy atom. The van der Waals surface area contributed by atoms with E-state index in [1.807, 2.05) is 0 Å². The summed E-state index contributed by atoms with van der Waals surface area (Å²) in [6, 6.07) is 6.95. The van der Waals surface area contributed by atoms with Crippen LogP contribution in [0, 0.1) is 10.8 Å². The maximum atomic E-state index is 12.1. The van der Waals surface area contributed by atoms with Crippen molar-refractivity contribution in [2.75, 3.05) is 14.2 Å². The molecule has 8 nitrogen and oxygen atoms in total. The highest BCUT2D eigenvalue weighted by atomic mass is 16.6. The van der Waals surface area contributed by atoms with E-state index in [0.717, 1.165) is 11.1 Å². The van der Waals surface area contributed by atoms with Crippen molar-refractivity contribution in [2.24, 2.45) is 10.8 Å². The molecule has 150 valence electrons. The molecule has 2 aliphatic rings. The predicted molar refractivity (Wildman–Crippen MR) is 93.4 cm³/mol. The van der Waals surface area contributed by atoms with Crippen LogP contribution in [0.5, 0.6) is 0 Å². The van der Waals surface area contributed by atoms with Gasteiger partial charge in [-0.2, -0.15) is 0 Å². The van der Waals surface area contributed by atoms with Gasteiger partial charge in [0.2, 0.25) is 0 Å². The first-order valence-corrected chi connectivity index (χ1v) is 8.97. The lowest BCUT2D eigenvalue weighted by atomic mass is 10.1. The van der Waals surface area contributed by atoms with Crippen molar-refractivity contribution < 1.29 is 38.1 Å². The van der Waals surface area contributed by atoms with Crippen LogP contribution in [0.25, 0.3) is 0 Å². The summed E-state index contributed by atoms with van der Waals surface area (Å²) in [7, 11) is 2.49. The molecular weight excluding hydrogens is 368 g/mol. The summed E-state index contributed by atoms with van der Waals surface area (Å²) in [5, 5.41) is 0. The third kappa shape index (κ3) is 3.72. The Morgan fingerprint density at radius 2 is 1.00 bits per heavy atom. The van der Waals surface area contributed by atoms with Gasteiger partial charge in [0, 0.05) is 0 Å². The lowest BCUT2D eigenvalue weighted by Crippen LogP contribution is -2.29. The molecule has 1 aromatic carbocycles. The smallest absolute Gasteiger partial charge is 0.323 e. The normalized spacial score (nSPS) is 17.8. The monoisotopic (exact) mass is 390 g/mol. The minimum absolute atomic E-state index is 0.0309. The van der Waals surface area contributed by atoms with Crippen LogP contribution < -0.4 is 0 Å². The quantitative estimate of drug-likeness (QED) is 0.375. The van der Waals surface area contributed by atoms with Crippen LogP contribution >= 0.6 is 0 Å². The van der Waals surface area contributed by atoms with Crippen LogP contribution in [0.3, 0.4) is 0 Å². The first-order chi connectivity index (χ1) is 13.4. The molecule has 0 spiro atoms. The lowest BCUT2D eigenvalue weighted by Gasteiger charge is -2.13. The van der Waals surface area contributed by atoms with E-state index >= 15 is 0 Å². The fraction of sp³-hybridized carbons (Fsp3) is 0.500. The molecule has 0 amide bonds. The number of hydrogen-bond donors (Lipinski definition) is 0. The third-order valence-corrected chi connectivity index (χ3v) is 5.20. The largest absolute Gasteiger partial charge is 0.468 e. The van der Waals surface area contributed by atoms with E-state index in [1.165, 1.54) is 14.2 Å². The fourth-order valence-corrected chi connectivity index (χ4v) is 2.93. The Morgan fingerprint density at radius 1 is 0.679 bits per heavy atom. The van der Waals surface area contributed by atoms with Crippen LogP contribution in [-0.4, -0.2) is 38.1 Å². The molecule has 0 saturated heterocycles. The molecule has 2 saturated carbocycles. The summed E-state index contributed by atoms with van der Waals surface area (Å²) in [6.07, 6.45) is 1.76. The Kier molecular flexibility index (Phi) is 5.40. The zero-order valence-corrected chi connectivity index (χ0v) is 15.8. The van der Waals surface area contributed by atoms with Gasteiger partial charge in [-0.1, -0.05) is 24.3 Å². The lowest BCUT2D eigenvalue weighted by molar-refractivity contribution is -0.165. The van der Waals surface area contributed by atoms with E-state index < -0.39 is 34.7 Å². The van der Waals surface area contributed by atoms with Crippen LogP contribution in [-0.2, 0) is 51.3 Å². The minimum atomic E-state index is -1.14. The number of benzene rings is 1. The standard InChI is InChI=1S/C20H22O8/c1-25-15(21)19(7-8-19)17(23)27-11-13-3-5-14(6-4-13)12-28-18(24)20(9-10-20)16(22)26-2/h3-6H,7-12H2,1-2H3. The molecule has 0 heterocycles. The second-order valence-corrected chi connectivity index (χ2v) is 7.12. The van der Waals surface area contributed by atoms with Gasteiger partial charge < -0.3 is 18.9 Å². The average molecular weight is 390 g/mol. The second kappa shape index (κ2) is 7.61. The zero-order valence-electron chi connectivity index (χ0n) is 15.8. The summed E-state index contributed by atoms with van der Waals surface area (Å²) in [6.45, 7) is 0.0617. The van der Waals surface area contributed by atoms with Gasteiger partial charge in [0.25, 0.3) is 0 Å². The Hall–Kier alpha value is -2.90. The molecule has 3 rings (SSSR count). The van der Waals surface area contributed by atoms with Crippen LogP contribution in [0.15, 0.2) is 24.3 Å². The van der Waals surface area contributed by atoms with Crippen molar-refractivity contribution in [3.8, 4) is 0 Å². The number of hydrogen-bond acceptors (Lipinski definition) is 8. The average Bonchev–Trinajstić information content (AvgIpc) is 3.63. The van der Waals surface area contributed by atoms with E-state index in [9.17, 15) is 19.2 Å². The number of rotatable bonds is 8. The van der Waals surface area contributed by atoms with Gasteiger partial charge in [0.05, 0.1) is 14.2 Å². The summed E-state index contributed by atoms with van der Waals surface area (Å²) in [4.78, 5) is 47.5. The maximum Gasteiger partial charge on any atom is 0.323 e. The molecule has 2 fully saturated rings. The molecule has 0 bridgehead atoms. The molecule has 0 N–H and O–H groups in total. The van der Waals surface area contributed by atoms with Crippen LogP contribution in [0.1, 0.15) is 36.8 Å². The summed E-state index contributed by atoms with van der Waals surface area (Å²) in [5.41, 5.74) is -0.808. The van der Waals surface area contributed by atoms with Crippen LogP contribution in [0.2, 0.25) is 0 Å². The topological polar surface area (TPSA) is 105 Å². The molecule has 1 aromatic rings. The van der Waals surface area contributed by atoms with Gasteiger partial charge in [0.1, 0.15) is 13.2 Å². The Bertz CT molecular complexity index is 720. The Labute approximate surface area is 162 Å². The van der Waals surface area contributed by atoms with Crippen molar-refractivity contribution in [3.63, 3.8) is 0 Å². The van der Waals surface area contributed by atoms with Crippen LogP contribution in [0.4, 0.5) is 0 Å². The van der Waals surface area contributed by atoms with E-state index in [-0.39, 0.29) is 13.2 Å². The summed E-state index contributed by atoms with van der Waals surface area (Å²) in [5.74, 6) is -2.27. The number of ether oxygens (including phenoxy) is 4. The molecular formula is C20H22O8. The number of esters is 4. The Balaban J connectivity index is 1.48. The molecule has 0 aromatic heterocycles. The molecule has 0 unspecified atom stereocenters. The predicted octanol–water partition coefficient (Wildman–Crippen LogP) is 1.68. The van der Waals surface area contributed by atoms with Gasteiger partial charge in [0.15, 0.2) is 10.8 Å². The highest BCUT2D eigenvalue weighted by Gasteiger charge is 2.60. The van der Waals surface area contributed by atoms with Gasteiger partial charge >= 0.3 is 23.9 Å². The van der Waals surface area contributed by atoms with E-state index in [4.69, 9.17) is 9.47 Å². The first-order valence-electron chi connectivity index (χ1n) is 8.97. The second-order valence-electron chi connectivity index (χ2n) is 7.12. The molecule has 0 atom stereocenters. The van der Waals surface area contributed by atoms with Crippen molar-refractivity contribution >= 4 is 23.9 Å². The van der Waals surface area contributed by atoms with Gasteiger partial charge in [-0.05, 0) is 36.8 Å². The van der Waals surface area contributed by atoms with Crippen molar-refractivity contribution in [1.82, 2.24) is 0 Å². The highest BCUT2D eigenvalue weighted by Crippen LogP contribution is 2.48. The molecule has 0 aliphatic heterocycles. The van der Waals surface area contributed by atoms with Crippen molar-refractivity contribution in [1.29, 1.82) is 0 Å². The maximum absolute atomic E-state index is 12.1. The van der Waals surface area contributed by atoms with E-state index in [2.05, 4.69) is 9.47 Å². The highest BCUT2D eigenvalue weighted by molar-refractivity contribution is 6.03. The summed E-state index contributed by atoms with van der Waals surface area (Å²) >= 11 is 0. The molecule has 0 radical (unpaired) electrons. The fourth-order valence-electron chi connectivity index (χ4n) is 2.93. The summed E-state index contributed by atoms with van der Waals surface area (Å²) < 4.78 is 19.8. The number of carbonyl (C=O) groups is 4. The number of carbonyl (C=O) groups excluding carboxylic acids is 4.